The number of amides is 2. The first-order valence-electron chi connectivity index (χ1n) is 5.43. The molecule has 0 aromatic carbocycles. The van der Waals surface area contributed by atoms with Gasteiger partial charge in [-0.15, -0.1) is 0 Å². The van der Waals surface area contributed by atoms with E-state index in [1.54, 1.807) is 13.8 Å². The van der Waals surface area contributed by atoms with Crippen molar-refractivity contribution in [2.24, 2.45) is 11.5 Å². The molecule has 0 spiro atoms. The van der Waals surface area contributed by atoms with Gasteiger partial charge in [0.05, 0.1) is 19.1 Å². The molecule has 7 nitrogen and oxygen atoms in total. The fourth-order valence-electron chi connectivity index (χ4n) is 1.52. The number of nitrogens with one attached hydrogen (secondary N) is 1. The fourth-order valence-corrected chi connectivity index (χ4v) is 1.52. The van der Waals surface area contributed by atoms with Gasteiger partial charge in [-0.1, -0.05) is 0 Å². The van der Waals surface area contributed by atoms with Gasteiger partial charge < -0.3 is 26.3 Å². The highest BCUT2D eigenvalue weighted by Crippen LogP contribution is 2.21. The van der Waals surface area contributed by atoms with E-state index in [1.807, 2.05) is 0 Å². The summed E-state index contributed by atoms with van der Waals surface area (Å²) in [5, 5.41) is 2.59. The number of hydrogen-bond acceptors (Lipinski definition) is 5. The Balaban J connectivity index is 2.27. The van der Waals surface area contributed by atoms with E-state index < -0.39 is 23.6 Å². The van der Waals surface area contributed by atoms with Crippen LogP contribution < -0.4 is 16.8 Å². The molecule has 17 heavy (non-hydrogen) atoms. The Bertz CT molecular complexity index is 306. The minimum absolute atomic E-state index is 0.167. The first kappa shape index (κ1) is 13.9. The van der Waals surface area contributed by atoms with Crippen molar-refractivity contribution in [2.75, 3.05) is 13.2 Å². The van der Waals surface area contributed by atoms with Crippen LogP contribution in [-0.4, -0.2) is 42.9 Å². The van der Waals surface area contributed by atoms with Gasteiger partial charge in [0, 0.05) is 6.54 Å². The van der Waals surface area contributed by atoms with Crippen molar-refractivity contribution in [1.82, 2.24) is 5.32 Å². The van der Waals surface area contributed by atoms with Crippen LogP contribution in [0.2, 0.25) is 0 Å². The van der Waals surface area contributed by atoms with Crippen LogP contribution in [0.3, 0.4) is 0 Å². The lowest BCUT2D eigenvalue weighted by Crippen LogP contribution is -2.45. The molecule has 0 aromatic heterocycles. The summed E-state index contributed by atoms with van der Waals surface area (Å²) in [4.78, 5) is 22.0. The highest BCUT2D eigenvalue weighted by atomic mass is 16.7. The molecular weight excluding hydrogens is 226 g/mol. The fraction of sp³-hybridized carbons (Fsp3) is 0.800. The number of carbonyl (C=O) groups excluding carboxylic acids is 2. The molecule has 7 heteroatoms. The number of nitrogens with two attached hydrogens (primary N) is 2. The van der Waals surface area contributed by atoms with Crippen molar-refractivity contribution >= 4 is 11.8 Å². The lowest BCUT2D eigenvalue weighted by atomic mass is 10.2. The monoisotopic (exact) mass is 245 g/mol. The molecule has 0 bridgehead atoms. The summed E-state index contributed by atoms with van der Waals surface area (Å²) in [6, 6.07) is -0.914. The second-order valence-electron chi connectivity index (χ2n) is 4.47. The highest BCUT2D eigenvalue weighted by Gasteiger charge is 2.32. The maximum absolute atomic E-state index is 11.5. The molecular formula is C10H19N3O4. The molecule has 1 heterocycles. The summed E-state index contributed by atoms with van der Waals surface area (Å²) in [6.07, 6.45) is -0.367. The number of rotatable bonds is 5. The van der Waals surface area contributed by atoms with Crippen LogP contribution in [0.25, 0.3) is 0 Å². The van der Waals surface area contributed by atoms with Crippen LogP contribution in [0.15, 0.2) is 0 Å². The highest BCUT2D eigenvalue weighted by molar-refractivity contribution is 5.87. The summed E-state index contributed by atoms with van der Waals surface area (Å²) in [6.45, 7) is 4.31. The van der Waals surface area contributed by atoms with E-state index in [1.165, 1.54) is 0 Å². The summed E-state index contributed by atoms with van der Waals surface area (Å²) >= 11 is 0. The Hall–Kier alpha value is -1.18. The quantitative estimate of drug-likeness (QED) is 0.542. The van der Waals surface area contributed by atoms with Crippen molar-refractivity contribution < 1.29 is 19.1 Å². The average molecular weight is 245 g/mol. The van der Waals surface area contributed by atoms with Gasteiger partial charge >= 0.3 is 0 Å². The second-order valence-corrected chi connectivity index (χ2v) is 4.47. The molecule has 1 rings (SSSR count). The van der Waals surface area contributed by atoms with Gasteiger partial charge in [0.2, 0.25) is 11.8 Å². The molecule has 0 saturated carbocycles. The molecule has 1 aliphatic heterocycles. The smallest absolute Gasteiger partial charge is 0.237 e. The van der Waals surface area contributed by atoms with Gasteiger partial charge in [0.25, 0.3) is 0 Å². The Morgan fingerprint density at radius 2 is 2.18 bits per heavy atom. The van der Waals surface area contributed by atoms with Crippen LogP contribution in [0.5, 0.6) is 0 Å². The molecule has 0 radical (unpaired) electrons. The first-order chi connectivity index (χ1) is 7.80. The number of ether oxygens (including phenoxy) is 2. The van der Waals surface area contributed by atoms with E-state index >= 15 is 0 Å². The molecule has 98 valence electrons. The third kappa shape index (κ3) is 4.68. The van der Waals surface area contributed by atoms with Gasteiger partial charge in [-0.05, 0) is 13.8 Å². The molecule has 2 unspecified atom stereocenters. The van der Waals surface area contributed by atoms with E-state index in [0.29, 0.717) is 13.2 Å². The van der Waals surface area contributed by atoms with Crippen LogP contribution in [0.4, 0.5) is 0 Å². The second kappa shape index (κ2) is 5.44. The van der Waals surface area contributed by atoms with Crippen LogP contribution in [-0.2, 0) is 19.1 Å². The minimum Gasteiger partial charge on any atom is -0.370 e. The third-order valence-electron chi connectivity index (χ3n) is 2.33. The predicted molar refractivity (Wildman–Crippen MR) is 59.7 cm³/mol. The Morgan fingerprint density at radius 1 is 1.53 bits per heavy atom. The van der Waals surface area contributed by atoms with Crippen molar-refractivity contribution in [3.8, 4) is 0 Å². The SMILES string of the molecule is CC1(C)OCC(CNC(=O)C(N)CC(N)=O)O1. The van der Waals surface area contributed by atoms with Gasteiger partial charge in [-0.2, -0.15) is 0 Å². The molecule has 0 aliphatic carbocycles. The minimum atomic E-state index is -0.914. The zero-order chi connectivity index (χ0) is 13.1. The van der Waals surface area contributed by atoms with E-state index in [4.69, 9.17) is 20.9 Å². The largest absolute Gasteiger partial charge is 0.370 e. The summed E-state index contributed by atoms with van der Waals surface area (Å²) in [7, 11) is 0. The normalized spacial score (nSPS) is 24.3. The Labute approximate surface area is 99.8 Å². The zero-order valence-electron chi connectivity index (χ0n) is 10.1. The van der Waals surface area contributed by atoms with Crippen LogP contribution in [0.1, 0.15) is 20.3 Å². The maximum Gasteiger partial charge on any atom is 0.237 e. The molecule has 1 aliphatic rings. The van der Waals surface area contributed by atoms with Crippen LogP contribution >= 0.6 is 0 Å². The third-order valence-corrected chi connectivity index (χ3v) is 2.33. The van der Waals surface area contributed by atoms with Gasteiger partial charge in [-0.25, -0.2) is 0 Å². The molecule has 1 fully saturated rings. The Morgan fingerprint density at radius 3 is 2.65 bits per heavy atom. The molecule has 2 atom stereocenters. The summed E-state index contributed by atoms with van der Waals surface area (Å²) in [5.74, 6) is -1.64. The summed E-state index contributed by atoms with van der Waals surface area (Å²) in [5.41, 5.74) is 10.4. The van der Waals surface area contributed by atoms with Crippen molar-refractivity contribution in [1.29, 1.82) is 0 Å². The van der Waals surface area contributed by atoms with E-state index in [-0.39, 0.29) is 12.5 Å². The topological polar surface area (TPSA) is 117 Å². The Kier molecular flexibility index (Phi) is 4.44. The van der Waals surface area contributed by atoms with Crippen molar-refractivity contribution in [3.05, 3.63) is 0 Å². The van der Waals surface area contributed by atoms with E-state index in [2.05, 4.69) is 5.32 Å². The lowest BCUT2D eigenvalue weighted by Gasteiger charge is -2.17. The van der Waals surface area contributed by atoms with Gasteiger partial charge in [0.15, 0.2) is 5.79 Å². The lowest BCUT2D eigenvalue weighted by molar-refractivity contribution is -0.139. The molecule has 1 saturated heterocycles. The zero-order valence-corrected chi connectivity index (χ0v) is 10.1. The number of hydrogen-bond donors (Lipinski definition) is 3. The molecule has 0 aromatic rings. The molecule has 2 amide bonds. The predicted octanol–water partition coefficient (Wildman–Crippen LogP) is -1.54. The van der Waals surface area contributed by atoms with Crippen LogP contribution in [0, 0.1) is 0 Å². The van der Waals surface area contributed by atoms with Crippen molar-refractivity contribution in [2.45, 2.75) is 38.2 Å². The van der Waals surface area contributed by atoms with Gasteiger partial charge in [-0.3, -0.25) is 9.59 Å². The maximum atomic E-state index is 11.5. The summed E-state index contributed by atoms with van der Waals surface area (Å²) < 4.78 is 10.8. The molecule has 5 N–H and O–H groups in total. The number of carbonyl (C=O) groups is 2. The standard InChI is InChI=1S/C10H19N3O4/c1-10(2)16-5-6(17-10)4-13-9(15)7(11)3-8(12)14/h6-7H,3-5,11H2,1-2H3,(H2,12,14)(H,13,15). The van der Waals surface area contributed by atoms with E-state index in [0.717, 1.165) is 0 Å². The average Bonchev–Trinajstić information content (AvgIpc) is 2.53. The first-order valence-corrected chi connectivity index (χ1v) is 5.43. The van der Waals surface area contributed by atoms with Crippen molar-refractivity contribution in [3.63, 3.8) is 0 Å². The number of primary amides is 1. The van der Waals surface area contributed by atoms with Gasteiger partial charge in [0.1, 0.15) is 6.10 Å². The van der Waals surface area contributed by atoms with E-state index in [9.17, 15) is 9.59 Å².